The molecular weight excluding hydrogens is 365 g/mol. The maximum absolute atomic E-state index is 12.7. The number of nitrogens with zero attached hydrogens (tertiary/aromatic N) is 1. The molecule has 0 saturated heterocycles. The molecule has 2 rings (SSSR count). The van der Waals surface area contributed by atoms with Crippen LogP contribution in [0.1, 0.15) is 12.5 Å². The Hall–Kier alpha value is -2.28. The summed E-state index contributed by atoms with van der Waals surface area (Å²) < 4.78 is 0. The number of carbonyl (C=O) groups is 2. The van der Waals surface area contributed by atoms with Crippen molar-refractivity contribution < 1.29 is 14.8 Å². The quantitative estimate of drug-likeness (QED) is 0.542. The van der Waals surface area contributed by atoms with Crippen LogP contribution < -0.4 is 10.8 Å². The molecule has 0 heterocycles. The highest BCUT2D eigenvalue weighted by Crippen LogP contribution is 2.20. The zero-order valence-electron chi connectivity index (χ0n) is 13.4. The molecule has 25 heavy (non-hydrogen) atoms. The zero-order valence-corrected chi connectivity index (χ0v) is 14.9. The lowest BCUT2D eigenvalue weighted by atomic mass is 10.2. The highest BCUT2D eigenvalue weighted by Gasteiger charge is 2.26. The SMILES string of the molecule is CC(C(=O)NO)N(Cc1ccccc1Cl)C(=O)Nc1cccc(Cl)c1. The van der Waals surface area contributed by atoms with Gasteiger partial charge < -0.3 is 10.2 Å². The van der Waals surface area contributed by atoms with Gasteiger partial charge in [-0.3, -0.25) is 10.0 Å². The van der Waals surface area contributed by atoms with Gasteiger partial charge in [-0.15, -0.1) is 0 Å². The first-order chi connectivity index (χ1) is 11.9. The van der Waals surface area contributed by atoms with E-state index in [0.29, 0.717) is 21.3 Å². The Morgan fingerprint density at radius 3 is 2.52 bits per heavy atom. The predicted octanol–water partition coefficient (Wildman–Crippen LogP) is 3.92. The van der Waals surface area contributed by atoms with Crippen LogP contribution in [0.2, 0.25) is 10.0 Å². The Morgan fingerprint density at radius 1 is 1.16 bits per heavy atom. The minimum absolute atomic E-state index is 0.0840. The fourth-order valence-corrected chi connectivity index (χ4v) is 2.58. The summed E-state index contributed by atoms with van der Waals surface area (Å²) in [5, 5.41) is 12.5. The molecule has 0 bridgehead atoms. The molecule has 0 saturated carbocycles. The molecule has 6 nitrogen and oxygen atoms in total. The first-order valence-corrected chi connectivity index (χ1v) is 8.18. The molecule has 2 aromatic rings. The fourth-order valence-electron chi connectivity index (χ4n) is 2.19. The number of anilines is 1. The molecule has 1 atom stereocenters. The maximum Gasteiger partial charge on any atom is 0.322 e. The number of halogens is 2. The van der Waals surface area contributed by atoms with Crippen LogP contribution >= 0.6 is 23.2 Å². The van der Waals surface area contributed by atoms with Crippen molar-refractivity contribution >= 4 is 40.8 Å². The minimum Gasteiger partial charge on any atom is -0.308 e. The number of amides is 3. The summed E-state index contributed by atoms with van der Waals surface area (Å²) in [5.41, 5.74) is 2.71. The third-order valence-electron chi connectivity index (χ3n) is 3.59. The van der Waals surface area contributed by atoms with Gasteiger partial charge in [-0.05, 0) is 36.8 Å². The van der Waals surface area contributed by atoms with Gasteiger partial charge in [0.05, 0.1) is 0 Å². The Bertz CT molecular complexity index is 770. The number of rotatable bonds is 5. The van der Waals surface area contributed by atoms with Crippen LogP contribution in [-0.2, 0) is 11.3 Å². The predicted molar refractivity (Wildman–Crippen MR) is 96.9 cm³/mol. The van der Waals surface area contributed by atoms with Crippen LogP contribution in [0.25, 0.3) is 0 Å². The Kier molecular flexibility index (Phi) is 6.64. The van der Waals surface area contributed by atoms with Gasteiger partial charge in [-0.2, -0.15) is 0 Å². The minimum atomic E-state index is -0.930. The van der Waals surface area contributed by atoms with E-state index in [1.165, 1.54) is 11.8 Å². The monoisotopic (exact) mass is 381 g/mol. The summed E-state index contributed by atoms with van der Waals surface area (Å²) in [6, 6.07) is 12.2. The number of hydrogen-bond acceptors (Lipinski definition) is 3. The van der Waals surface area contributed by atoms with Gasteiger partial charge in [0.15, 0.2) is 0 Å². The molecule has 3 N–H and O–H groups in total. The summed E-state index contributed by atoms with van der Waals surface area (Å²) in [7, 11) is 0. The molecular formula is C17H17Cl2N3O3. The zero-order chi connectivity index (χ0) is 18.4. The normalized spacial score (nSPS) is 11.5. The van der Waals surface area contributed by atoms with Crippen LogP contribution in [0.15, 0.2) is 48.5 Å². The van der Waals surface area contributed by atoms with Gasteiger partial charge in [-0.1, -0.05) is 47.5 Å². The second kappa shape index (κ2) is 8.71. The highest BCUT2D eigenvalue weighted by atomic mass is 35.5. The van der Waals surface area contributed by atoms with Crippen molar-refractivity contribution in [3.8, 4) is 0 Å². The third kappa shape index (κ3) is 5.09. The van der Waals surface area contributed by atoms with E-state index in [1.807, 2.05) is 0 Å². The lowest BCUT2D eigenvalue weighted by molar-refractivity contribution is -0.133. The van der Waals surface area contributed by atoms with Crippen LogP contribution in [0.5, 0.6) is 0 Å². The van der Waals surface area contributed by atoms with Gasteiger partial charge in [0, 0.05) is 22.3 Å². The van der Waals surface area contributed by atoms with E-state index in [-0.39, 0.29) is 6.54 Å². The Labute approximate surface area is 155 Å². The summed E-state index contributed by atoms with van der Waals surface area (Å²) >= 11 is 12.1. The van der Waals surface area contributed by atoms with Crippen LogP contribution in [0.4, 0.5) is 10.5 Å². The van der Waals surface area contributed by atoms with E-state index in [2.05, 4.69) is 5.32 Å². The maximum atomic E-state index is 12.7. The first-order valence-electron chi connectivity index (χ1n) is 7.43. The molecule has 0 aromatic heterocycles. The number of hydroxylamine groups is 1. The van der Waals surface area contributed by atoms with Gasteiger partial charge in [0.2, 0.25) is 0 Å². The van der Waals surface area contributed by atoms with E-state index < -0.39 is 18.0 Å². The van der Waals surface area contributed by atoms with Crippen molar-refractivity contribution in [2.24, 2.45) is 0 Å². The number of benzene rings is 2. The van der Waals surface area contributed by atoms with Crippen molar-refractivity contribution in [3.05, 3.63) is 64.1 Å². The molecule has 132 valence electrons. The van der Waals surface area contributed by atoms with E-state index in [9.17, 15) is 9.59 Å². The van der Waals surface area contributed by atoms with Crippen LogP contribution in [0, 0.1) is 0 Å². The second-order valence-corrected chi connectivity index (χ2v) is 6.16. The van der Waals surface area contributed by atoms with Crippen molar-refractivity contribution in [1.29, 1.82) is 0 Å². The van der Waals surface area contributed by atoms with E-state index >= 15 is 0 Å². The largest absolute Gasteiger partial charge is 0.322 e. The molecule has 0 aliphatic carbocycles. The molecule has 0 spiro atoms. The average molecular weight is 382 g/mol. The summed E-state index contributed by atoms with van der Waals surface area (Å²) in [4.78, 5) is 25.7. The number of urea groups is 1. The van der Waals surface area contributed by atoms with E-state index in [1.54, 1.807) is 54.0 Å². The Morgan fingerprint density at radius 2 is 1.88 bits per heavy atom. The summed E-state index contributed by atoms with van der Waals surface area (Å²) in [5.74, 6) is -0.715. The van der Waals surface area contributed by atoms with Crippen LogP contribution in [-0.4, -0.2) is 28.1 Å². The van der Waals surface area contributed by atoms with Crippen LogP contribution in [0.3, 0.4) is 0 Å². The van der Waals surface area contributed by atoms with Gasteiger partial charge in [-0.25, -0.2) is 10.3 Å². The average Bonchev–Trinajstić information content (AvgIpc) is 2.59. The van der Waals surface area contributed by atoms with Crippen molar-refractivity contribution in [3.63, 3.8) is 0 Å². The number of nitrogens with one attached hydrogen (secondary N) is 2. The summed E-state index contributed by atoms with van der Waals surface area (Å²) in [6.45, 7) is 1.58. The molecule has 3 amide bonds. The van der Waals surface area contributed by atoms with Crippen molar-refractivity contribution in [2.75, 3.05) is 5.32 Å². The summed E-state index contributed by atoms with van der Waals surface area (Å²) in [6.07, 6.45) is 0. The molecule has 0 radical (unpaired) electrons. The van der Waals surface area contributed by atoms with Gasteiger partial charge in [0.1, 0.15) is 6.04 Å². The molecule has 0 aliphatic rings. The lowest BCUT2D eigenvalue weighted by Crippen LogP contribution is -2.48. The second-order valence-electron chi connectivity index (χ2n) is 5.31. The molecule has 8 heteroatoms. The fraction of sp³-hybridized carbons (Fsp3) is 0.176. The number of carbonyl (C=O) groups excluding carboxylic acids is 2. The van der Waals surface area contributed by atoms with E-state index in [4.69, 9.17) is 28.4 Å². The molecule has 0 aliphatic heterocycles. The molecule has 0 fully saturated rings. The van der Waals surface area contributed by atoms with Gasteiger partial charge >= 0.3 is 6.03 Å². The number of hydrogen-bond donors (Lipinski definition) is 3. The standard InChI is InChI=1S/C17H17Cl2N3O3/c1-11(16(23)21-25)22(10-12-5-2-3-8-15(12)19)17(24)20-14-7-4-6-13(18)9-14/h2-9,11,25H,10H2,1H3,(H,20,24)(H,21,23). The third-order valence-corrected chi connectivity index (χ3v) is 4.20. The first kappa shape index (κ1) is 19.1. The van der Waals surface area contributed by atoms with Crippen molar-refractivity contribution in [1.82, 2.24) is 10.4 Å². The van der Waals surface area contributed by atoms with E-state index in [0.717, 1.165) is 0 Å². The smallest absolute Gasteiger partial charge is 0.308 e. The van der Waals surface area contributed by atoms with Gasteiger partial charge in [0.25, 0.3) is 5.91 Å². The van der Waals surface area contributed by atoms with Crippen molar-refractivity contribution in [2.45, 2.75) is 19.5 Å². The highest BCUT2D eigenvalue weighted by molar-refractivity contribution is 6.31. The topological polar surface area (TPSA) is 81.7 Å². The molecule has 1 unspecified atom stereocenters. The Balaban J connectivity index is 2.25. The molecule has 2 aromatic carbocycles. The lowest BCUT2D eigenvalue weighted by Gasteiger charge is -2.28.